The lowest BCUT2D eigenvalue weighted by Crippen LogP contribution is -2.27. The summed E-state index contributed by atoms with van der Waals surface area (Å²) in [5, 5.41) is 14.1. The molecule has 3 aromatic heterocycles. The van der Waals surface area contributed by atoms with E-state index in [1.165, 1.54) is 35.8 Å². The largest absolute Gasteiger partial charge is 0.310 e. The number of hydrogen-bond donors (Lipinski definition) is 1. The van der Waals surface area contributed by atoms with E-state index in [2.05, 4.69) is 15.0 Å². The second-order valence-corrected chi connectivity index (χ2v) is 8.18. The number of anilines is 1. The number of carbonyl (C=O) groups is 1. The van der Waals surface area contributed by atoms with Gasteiger partial charge in [-0.3, -0.25) is 14.2 Å². The predicted molar refractivity (Wildman–Crippen MR) is 111 cm³/mol. The lowest BCUT2D eigenvalue weighted by Gasteiger charge is -2.17. The number of amides is 1. The maximum absolute atomic E-state index is 13.0. The molecule has 0 bridgehead atoms. The van der Waals surface area contributed by atoms with E-state index >= 15 is 0 Å². The number of benzene rings is 1. The molecular formula is C20H15N7O3S. The maximum Gasteiger partial charge on any atom is 0.278 e. The monoisotopic (exact) mass is 433 g/mol. The van der Waals surface area contributed by atoms with E-state index < -0.39 is 10.0 Å². The molecule has 0 aliphatic rings. The average Bonchev–Trinajstić information content (AvgIpc) is 3.21. The van der Waals surface area contributed by atoms with Crippen molar-refractivity contribution in [2.24, 2.45) is 5.14 Å². The zero-order chi connectivity index (χ0) is 22.2. The Morgan fingerprint density at radius 2 is 1.87 bits per heavy atom. The zero-order valence-electron chi connectivity index (χ0n) is 16.2. The lowest BCUT2D eigenvalue weighted by atomic mass is 10.2. The van der Waals surface area contributed by atoms with Crippen LogP contribution in [0.2, 0.25) is 0 Å². The average molecular weight is 433 g/mol. The van der Waals surface area contributed by atoms with Gasteiger partial charge in [-0.2, -0.15) is 5.26 Å². The Balaban J connectivity index is 1.73. The molecule has 0 fully saturated rings. The Bertz CT molecular complexity index is 1450. The Kier molecular flexibility index (Phi) is 4.94. The summed E-state index contributed by atoms with van der Waals surface area (Å²) in [6.45, 7) is 0. The van der Waals surface area contributed by atoms with E-state index in [0.29, 0.717) is 28.2 Å². The second kappa shape index (κ2) is 7.60. The van der Waals surface area contributed by atoms with Crippen LogP contribution in [0.3, 0.4) is 0 Å². The van der Waals surface area contributed by atoms with E-state index in [-0.39, 0.29) is 16.5 Å². The molecule has 0 spiro atoms. The smallest absolute Gasteiger partial charge is 0.278 e. The molecule has 0 saturated carbocycles. The van der Waals surface area contributed by atoms with Gasteiger partial charge < -0.3 is 4.90 Å². The standard InChI is InChI=1S/C20H15N7O3S/c1-26(15-4-2-13(7-21)3-5-15)20(28)17-12-27-18(10-25-19(27)11-24-17)14-6-16(9-23-8-14)31(22,29)30/h2-6,8-12H,1H3,(H2,22,29,30). The zero-order valence-corrected chi connectivity index (χ0v) is 17.0. The quantitative estimate of drug-likeness (QED) is 0.514. The van der Waals surface area contributed by atoms with Gasteiger partial charge in [0.05, 0.1) is 29.7 Å². The van der Waals surface area contributed by atoms with Gasteiger partial charge >= 0.3 is 0 Å². The molecule has 4 rings (SSSR count). The van der Waals surface area contributed by atoms with Gasteiger partial charge in [-0.25, -0.2) is 23.5 Å². The van der Waals surface area contributed by atoms with Crippen molar-refractivity contribution in [1.29, 1.82) is 5.26 Å². The SMILES string of the molecule is CN(C(=O)c1cn2c(-c3cncc(S(N)(=O)=O)c3)cnc2cn1)c1ccc(C#N)cc1. The Morgan fingerprint density at radius 3 is 2.55 bits per heavy atom. The van der Waals surface area contributed by atoms with Gasteiger partial charge in [0.25, 0.3) is 5.91 Å². The molecule has 31 heavy (non-hydrogen) atoms. The van der Waals surface area contributed by atoms with E-state index in [4.69, 9.17) is 10.4 Å². The normalized spacial score (nSPS) is 11.3. The molecule has 10 nitrogen and oxygen atoms in total. The van der Waals surface area contributed by atoms with Crippen LogP contribution in [0.1, 0.15) is 16.1 Å². The molecule has 2 N–H and O–H groups in total. The van der Waals surface area contributed by atoms with Crippen LogP contribution in [0.15, 0.2) is 66.2 Å². The van der Waals surface area contributed by atoms with Gasteiger partial charge in [-0.15, -0.1) is 0 Å². The summed E-state index contributed by atoms with van der Waals surface area (Å²) >= 11 is 0. The van der Waals surface area contributed by atoms with Gasteiger partial charge in [0.2, 0.25) is 10.0 Å². The summed E-state index contributed by atoms with van der Waals surface area (Å²) in [5.74, 6) is -0.373. The number of imidazole rings is 1. The summed E-state index contributed by atoms with van der Waals surface area (Å²) in [4.78, 5) is 26.6. The number of pyridine rings is 1. The van der Waals surface area contributed by atoms with Crippen molar-refractivity contribution in [2.45, 2.75) is 4.90 Å². The van der Waals surface area contributed by atoms with E-state index in [9.17, 15) is 13.2 Å². The van der Waals surface area contributed by atoms with Crippen molar-refractivity contribution < 1.29 is 13.2 Å². The first-order valence-electron chi connectivity index (χ1n) is 8.87. The second-order valence-electron chi connectivity index (χ2n) is 6.62. The number of primary sulfonamides is 1. The highest BCUT2D eigenvalue weighted by Crippen LogP contribution is 2.23. The first kappa shape index (κ1) is 20.1. The molecule has 1 aromatic carbocycles. The minimum atomic E-state index is -3.92. The first-order chi connectivity index (χ1) is 14.8. The van der Waals surface area contributed by atoms with Crippen molar-refractivity contribution in [2.75, 3.05) is 11.9 Å². The number of nitrogens with two attached hydrogens (primary N) is 1. The molecule has 0 saturated heterocycles. The fraction of sp³-hybridized carbons (Fsp3) is 0.0500. The molecule has 4 aromatic rings. The summed E-state index contributed by atoms with van der Waals surface area (Å²) in [6.07, 6.45) is 7.12. The number of nitriles is 1. The third kappa shape index (κ3) is 3.85. The highest BCUT2D eigenvalue weighted by atomic mass is 32.2. The maximum atomic E-state index is 13.0. The van der Waals surface area contributed by atoms with Gasteiger partial charge in [-0.1, -0.05) is 0 Å². The molecular weight excluding hydrogens is 418 g/mol. The number of sulfonamides is 1. The van der Waals surface area contributed by atoms with E-state index in [1.807, 2.05) is 6.07 Å². The number of carbonyl (C=O) groups excluding carboxylic acids is 1. The fourth-order valence-corrected chi connectivity index (χ4v) is 3.48. The summed E-state index contributed by atoms with van der Waals surface area (Å²) < 4.78 is 24.9. The highest BCUT2D eigenvalue weighted by molar-refractivity contribution is 7.89. The van der Waals surface area contributed by atoms with Gasteiger partial charge in [0.15, 0.2) is 5.65 Å². The topological polar surface area (TPSA) is 147 Å². The minimum absolute atomic E-state index is 0.133. The number of hydrogen-bond acceptors (Lipinski definition) is 7. The number of nitrogens with zero attached hydrogens (tertiary/aromatic N) is 6. The van der Waals surface area contributed by atoms with Crippen molar-refractivity contribution in [3.63, 3.8) is 0 Å². The summed E-state index contributed by atoms with van der Waals surface area (Å²) in [6, 6.07) is 9.99. The number of fused-ring (bicyclic) bond motifs is 1. The Labute approximate surface area is 177 Å². The van der Waals surface area contributed by atoms with Crippen LogP contribution in [0.25, 0.3) is 16.9 Å². The third-order valence-electron chi connectivity index (χ3n) is 4.64. The molecule has 0 radical (unpaired) electrons. The van der Waals surface area contributed by atoms with Crippen LogP contribution in [-0.2, 0) is 10.0 Å². The van der Waals surface area contributed by atoms with Crippen LogP contribution in [-0.4, -0.2) is 40.7 Å². The molecule has 0 aliphatic carbocycles. The molecule has 11 heteroatoms. The van der Waals surface area contributed by atoms with E-state index in [1.54, 1.807) is 35.7 Å². The van der Waals surface area contributed by atoms with Gasteiger partial charge in [0.1, 0.15) is 10.6 Å². The van der Waals surface area contributed by atoms with Gasteiger partial charge in [0, 0.05) is 36.9 Å². The van der Waals surface area contributed by atoms with Crippen molar-refractivity contribution in [1.82, 2.24) is 19.4 Å². The fourth-order valence-electron chi connectivity index (χ4n) is 2.98. The minimum Gasteiger partial charge on any atom is -0.310 e. The van der Waals surface area contributed by atoms with Crippen LogP contribution < -0.4 is 10.0 Å². The van der Waals surface area contributed by atoms with Crippen molar-refractivity contribution in [3.05, 3.63) is 72.6 Å². The third-order valence-corrected chi connectivity index (χ3v) is 5.52. The summed E-state index contributed by atoms with van der Waals surface area (Å²) in [7, 11) is -2.32. The van der Waals surface area contributed by atoms with Crippen LogP contribution in [0, 0.1) is 11.3 Å². The van der Waals surface area contributed by atoms with Crippen molar-refractivity contribution in [3.8, 4) is 17.3 Å². The molecule has 0 unspecified atom stereocenters. The highest BCUT2D eigenvalue weighted by Gasteiger charge is 2.18. The van der Waals surface area contributed by atoms with Crippen molar-refractivity contribution >= 4 is 27.3 Å². The molecule has 1 amide bonds. The van der Waals surface area contributed by atoms with Crippen LogP contribution in [0.5, 0.6) is 0 Å². The summed E-state index contributed by atoms with van der Waals surface area (Å²) in [5.41, 5.74) is 2.68. The van der Waals surface area contributed by atoms with Gasteiger partial charge in [-0.05, 0) is 30.3 Å². The number of aromatic nitrogens is 4. The molecule has 3 heterocycles. The Hall–Kier alpha value is -4.14. The first-order valence-corrected chi connectivity index (χ1v) is 10.4. The van der Waals surface area contributed by atoms with Crippen LogP contribution in [0.4, 0.5) is 5.69 Å². The van der Waals surface area contributed by atoms with Crippen LogP contribution >= 0.6 is 0 Å². The molecule has 0 atom stereocenters. The van der Waals surface area contributed by atoms with E-state index in [0.717, 1.165) is 6.20 Å². The molecule has 154 valence electrons. The predicted octanol–water partition coefficient (Wildman–Crippen LogP) is 1.59. The Morgan fingerprint density at radius 1 is 1.13 bits per heavy atom. The number of rotatable bonds is 4. The lowest BCUT2D eigenvalue weighted by molar-refractivity contribution is 0.0988. The molecule has 0 aliphatic heterocycles.